The van der Waals surface area contributed by atoms with E-state index in [0.717, 1.165) is 6.26 Å². The summed E-state index contributed by atoms with van der Waals surface area (Å²) in [7, 11) is -3.38. The van der Waals surface area contributed by atoms with Crippen molar-refractivity contribution in [2.75, 3.05) is 35.6 Å². The van der Waals surface area contributed by atoms with Crippen molar-refractivity contribution >= 4 is 38.9 Å². The number of carbonyl (C=O) groups is 1. The van der Waals surface area contributed by atoms with Crippen LogP contribution in [0, 0.1) is 0 Å². The first-order chi connectivity index (χ1) is 12.3. The Balaban J connectivity index is 1.65. The number of carbonyl (C=O) groups excluding carboxylic acids is 1. The molecular formula is C17H17ClN2O5S. The predicted octanol–water partition coefficient (Wildman–Crippen LogP) is 2.52. The van der Waals surface area contributed by atoms with Crippen molar-refractivity contribution in [3.8, 4) is 11.5 Å². The molecule has 0 aromatic heterocycles. The maximum Gasteiger partial charge on any atom is 0.262 e. The molecule has 9 heteroatoms. The summed E-state index contributed by atoms with van der Waals surface area (Å²) < 4.78 is 35.8. The van der Waals surface area contributed by atoms with Crippen LogP contribution in [0.3, 0.4) is 0 Å². The predicted molar refractivity (Wildman–Crippen MR) is 99.7 cm³/mol. The number of anilines is 2. The molecule has 0 radical (unpaired) electrons. The van der Waals surface area contributed by atoms with Gasteiger partial charge in [-0.3, -0.25) is 9.10 Å². The van der Waals surface area contributed by atoms with Gasteiger partial charge in [-0.15, -0.1) is 0 Å². The lowest BCUT2D eigenvalue weighted by atomic mass is 10.2. The third-order valence-corrected chi connectivity index (χ3v) is 5.08. The van der Waals surface area contributed by atoms with Gasteiger partial charge in [-0.2, -0.15) is 0 Å². The normalized spacial score (nSPS) is 13.5. The molecule has 2 aromatic carbocycles. The van der Waals surface area contributed by atoms with E-state index >= 15 is 0 Å². The second-order valence-electron chi connectivity index (χ2n) is 5.66. The second-order valence-corrected chi connectivity index (χ2v) is 8.00. The molecule has 1 heterocycles. The van der Waals surface area contributed by atoms with E-state index in [4.69, 9.17) is 21.1 Å². The summed E-state index contributed by atoms with van der Waals surface area (Å²) in [6, 6.07) is 11.5. The first kappa shape index (κ1) is 18.3. The van der Waals surface area contributed by atoms with Gasteiger partial charge in [-0.05, 0) is 36.4 Å². The van der Waals surface area contributed by atoms with Crippen LogP contribution in [0.15, 0.2) is 42.5 Å². The van der Waals surface area contributed by atoms with Crippen molar-refractivity contribution in [3.63, 3.8) is 0 Å². The molecule has 1 N–H and O–H groups in total. The highest BCUT2D eigenvalue weighted by Gasteiger charge is 2.25. The number of ether oxygens (including phenoxy) is 2. The van der Waals surface area contributed by atoms with E-state index in [1.165, 1.54) is 4.31 Å². The van der Waals surface area contributed by atoms with Crippen molar-refractivity contribution in [2.24, 2.45) is 0 Å². The fraction of sp³-hybridized carbons (Fsp3) is 0.235. The maximum absolute atomic E-state index is 12.0. The molecule has 0 bridgehead atoms. The van der Waals surface area contributed by atoms with Crippen molar-refractivity contribution in [1.29, 1.82) is 0 Å². The number of sulfonamides is 1. The van der Waals surface area contributed by atoms with Gasteiger partial charge in [0.15, 0.2) is 6.61 Å². The topological polar surface area (TPSA) is 84.9 Å². The standard InChI is InChI=1S/C17H17ClN2O5S/c1-26(22,23)20-8-9-24-16-10-13(4-7-15(16)20)19-17(21)11-25-14-5-2-12(18)3-6-14/h2-7,10H,8-9,11H2,1H3,(H,19,21). The molecule has 1 aliphatic heterocycles. The zero-order valence-corrected chi connectivity index (χ0v) is 15.5. The molecule has 0 aliphatic carbocycles. The van der Waals surface area contributed by atoms with Crippen molar-refractivity contribution < 1.29 is 22.7 Å². The molecule has 0 spiro atoms. The van der Waals surface area contributed by atoms with Gasteiger partial charge in [0, 0.05) is 16.8 Å². The van der Waals surface area contributed by atoms with Gasteiger partial charge in [-0.25, -0.2) is 8.42 Å². The van der Waals surface area contributed by atoms with Crippen LogP contribution in [0.4, 0.5) is 11.4 Å². The minimum absolute atomic E-state index is 0.172. The van der Waals surface area contributed by atoms with Crippen molar-refractivity contribution in [2.45, 2.75) is 0 Å². The fourth-order valence-corrected chi connectivity index (χ4v) is 3.53. The number of amides is 1. The molecule has 0 atom stereocenters. The average Bonchev–Trinajstić information content (AvgIpc) is 2.60. The van der Waals surface area contributed by atoms with E-state index in [1.54, 1.807) is 42.5 Å². The van der Waals surface area contributed by atoms with Crippen LogP contribution in [-0.2, 0) is 14.8 Å². The summed E-state index contributed by atoms with van der Waals surface area (Å²) in [6.45, 7) is 0.332. The number of halogens is 1. The fourth-order valence-electron chi connectivity index (χ4n) is 2.49. The van der Waals surface area contributed by atoms with E-state index in [9.17, 15) is 13.2 Å². The molecule has 26 heavy (non-hydrogen) atoms. The Labute approximate surface area is 156 Å². The number of rotatable bonds is 5. The number of nitrogens with one attached hydrogen (secondary N) is 1. The highest BCUT2D eigenvalue weighted by molar-refractivity contribution is 7.92. The quantitative estimate of drug-likeness (QED) is 0.839. The van der Waals surface area contributed by atoms with Gasteiger partial charge < -0.3 is 14.8 Å². The van der Waals surface area contributed by atoms with Crippen molar-refractivity contribution in [1.82, 2.24) is 0 Å². The summed E-state index contributed by atoms with van der Waals surface area (Å²) >= 11 is 5.79. The maximum atomic E-state index is 12.0. The Morgan fingerprint density at radius 3 is 2.69 bits per heavy atom. The van der Waals surface area contributed by atoms with Gasteiger partial charge in [0.2, 0.25) is 10.0 Å². The molecule has 0 saturated heterocycles. The van der Waals surface area contributed by atoms with Gasteiger partial charge in [0.1, 0.15) is 18.1 Å². The summed E-state index contributed by atoms with van der Waals surface area (Å²) in [5, 5.41) is 3.27. The number of hydrogen-bond acceptors (Lipinski definition) is 5. The number of benzene rings is 2. The third kappa shape index (κ3) is 4.39. The molecule has 1 amide bonds. The van der Waals surface area contributed by atoms with Crippen LogP contribution in [0.2, 0.25) is 5.02 Å². The van der Waals surface area contributed by atoms with Gasteiger partial charge in [-0.1, -0.05) is 11.6 Å². The lowest BCUT2D eigenvalue weighted by molar-refractivity contribution is -0.118. The minimum atomic E-state index is -3.38. The molecule has 2 aromatic rings. The smallest absolute Gasteiger partial charge is 0.262 e. The number of nitrogens with zero attached hydrogens (tertiary/aromatic N) is 1. The Bertz CT molecular complexity index is 915. The SMILES string of the molecule is CS(=O)(=O)N1CCOc2cc(NC(=O)COc3ccc(Cl)cc3)ccc21. The molecular weight excluding hydrogens is 380 g/mol. The Morgan fingerprint density at radius 2 is 2.00 bits per heavy atom. The highest BCUT2D eigenvalue weighted by atomic mass is 35.5. The van der Waals surface area contributed by atoms with Crippen LogP contribution in [0.25, 0.3) is 0 Å². The van der Waals surface area contributed by atoms with E-state index in [0.29, 0.717) is 27.9 Å². The summed E-state index contributed by atoms with van der Waals surface area (Å²) in [5.41, 5.74) is 0.943. The first-order valence-corrected chi connectivity index (χ1v) is 9.98. The zero-order valence-electron chi connectivity index (χ0n) is 13.9. The van der Waals surface area contributed by atoms with Gasteiger partial charge in [0.25, 0.3) is 5.91 Å². The molecule has 0 unspecified atom stereocenters. The summed E-state index contributed by atoms with van der Waals surface area (Å²) in [4.78, 5) is 12.0. The first-order valence-electron chi connectivity index (χ1n) is 7.76. The van der Waals surface area contributed by atoms with Gasteiger partial charge in [0.05, 0.1) is 18.5 Å². The Morgan fingerprint density at radius 1 is 1.27 bits per heavy atom. The third-order valence-electron chi connectivity index (χ3n) is 3.65. The van der Waals surface area contributed by atoms with Crippen LogP contribution in [0.5, 0.6) is 11.5 Å². The van der Waals surface area contributed by atoms with Crippen LogP contribution in [-0.4, -0.2) is 40.3 Å². The molecule has 3 rings (SSSR count). The van der Waals surface area contributed by atoms with Crippen LogP contribution < -0.4 is 19.1 Å². The molecule has 7 nitrogen and oxygen atoms in total. The van der Waals surface area contributed by atoms with Crippen LogP contribution in [0.1, 0.15) is 0 Å². The Hall–Kier alpha value is -2.45. The summed E-state index contributed by atoms with van der Waals surface area (Å²) in [6.07, 6.45) is 1.14. The van der Waals surface area contributed by atoms with Crippen molar-refractivity contribution in [3.05, 3.63) is 47.5 Å². The van der Waals surface area contributed by atoms with E-state index in [2.05, 4.69) is 5.32 Å². The molecule has 138 valence electrons. The van der Waals surface area contributed by atoms with E-state index in [-0.39, 0.29) is 25.7 Å². The lowest BCUT2D eigenvalue weighted by Gasteiger charge is -2.29. The number of hydrogen-bond donors (Lipinski definition) is 1. The average molecular weight is 397 g/mol. The largest absolute Gasteiger partial charge is 0.489 e. The van der Waals surface area contributed by atoms with Gasteiger partial charge >= 0.3 is 0 Å². The number of fused-ring (bicyclic) bond motifs is 1. The Kier molecular flexibility index (Phi) is 5.24. The zero-order chi connectivity index (χ0) is 18.7. The summed E-state index contributed by atoms with van der Waals surface area (Å²) in [5.74, 6) is 0.580. The van der Waals surface area contributed by atoms with E-state index < -0.39 is 10.0 Å². The molecule has 1 aliphatic rings. The lowest BCUT2D eigenvalue weighted by Crippen LogP contribution is -2.37. The van der Waals surface area contributed by atoms with E-state index in [1.807, 2.05) is 0 Å². The minimum Gasteiger partial charge on any atom is -0.489 e. The molecule has 0 fully saturated rings. The molecule has 0 saturated carbocycles. The van der Waals surface area contributed by atoms with Crippen LogP contribution >= 0.6 is 11.6 Å². The second kappa shape index (κ2) is 7.43. The highest BCUT2D eigenvalue weighted by Crippen LogP contribution is 2.35. The monoisotopic (exact) mass is 396 g/mol.